The second-order valence-electron chi connectivity index (χ2n) is 6.85. The van der Waals surface area contributed by atoms with Crippen LogP contribution >= 0.6 is 0 Å². The van der Waals surface area contributed by atoms with Crippen molar-refractivity contribution in [1.82, 2.24) is 4.57 Å². The Morgan fingerprint density at radius 1 is 1.52 bits per heavy atom. The first-order chi connectivity index (χ1) is 12.8. The lowest BCUT2D eigenvalue weighted by Gasteiger charge is -2.28. The number of aromatic carboxylic acids is 1. The highest BCUT2D eigenvalue weighted by atomic mass is 19.1. The molecule has 144 valence electrons. The molecule has 0 bridgehead atoms. The number of pyridine rings is 1. The molecule has 27 heavy (non-hydrogen) atoms. The van der Waals surface area contributed by atoms with Gasteiger partial charge in [-0.15, -0.1) is 0 Å². The van der Waals surface area contributed by atoms with Gasteiger partial charge in [0.2, 0.25) is 5.43 Å². The van der Waals surface area contributed by atoms with E-state index in [9.17, 15) is 29.0 Å². The van der Waals surface area contributed by atoms with Crippen molar-refractivity contribution >= 4 is 28.8 Å². The van der Waals surface area contributed by atoms with E-state index in [4.69, 9.17) is 0 Å². The van der Waals surface area contributed by atoms with Crippen molar-refractivity contribution < 1.29 is 24.2 Å². The van der Waals surface area contributed by atoms with Crippen LogP contribution in [0.1, 0.15) is 48.1 Å². The van der Waals surface area contributed by atoms with Crippen molar-refractivity contribution in [2.45, 2.75) is 44.8 Å². The van der Waals surface area contributed by atoms with Crippen LogP contribution in [0.4, 0.5) is 10.1 Å². The van der Waals surface area contributed by atoms with Gasteiger partial charge in [0.15, 0.2) is 0 Å². The summed E-state index contributed by atoms with van der Waals surface area (Å²) >= 11 is 0. The number of aromatic nitrogens is 1. The molecular weight excluding hydrogens is 355 g/mol. The molecule has 7 nitrogen and oxygen atoms in total. The number of carbonyl (C=O) groups is 2. The van der Waals surface area contributed by atoms with Crippen molar-refractivity contribution in [3.63, 3.8) is 0 Å². The number of carbonyl (C=O) groups excluding carboxylic acids is 1. The number of nitrogens with one attached hydrogen (secondary N) is 1. The first-order valence-corrected chi connectivity index (χ1v) is 8.84. The molecule has 2 heterocycles. The number of nitrogens with zero attached hydrogens (tertiary/aromatic N) is 1. The summed E-state index contributed by atoms with van der Waals surface area (Å²) in [5.41, 5.74) is 0.349. The van der Waals surface area contributed by atoms with Crippen molar-refractivity contribution in [2.24, 2.45) is 0 Å². The van der Waals surface area contributed by atoms with Crippen LogP contribution < -0.4 is 10.7 Å². The highest BCUT2D eigenvalue weighted by Crippen LogP contribution is 2.36. The van der Waals surface area contributed by atoms with Gasteiger partial charge in [-0.2, -0.15) is 0 Å². The Bertz CT molecular complexity index is 969. The number of rotatable bonds is 7. The van der Waals surface area contributed by atoms with Gasteiger partial charge in [0.1, 0.15) is 17.7 Å². The molecule has 0 saturated heterocycles. The predicted octanol–water partition coefficient (Wildman–Crippen LogP) is 2.10. The molecule has 0 amide bonds. The average Bonchev–Trinajstić information content (AvgIpc) is 2.61. The number of halogens is 1. The molecule has 1 aromatic heterocycles. The molecule has 2 atom stereocenters. The maximum absolute atomic E-state index is 14.7. The van der Waals surface area contributed by atoms with E-state index < -0.39 is 23.3 Å². The molecule has 1 aromatic carbocycles. The standard InChI is InChI=1S/C19H21FN2O5/c1-10-2-3-12-16(21-6-4-11(24)5-7-23)15(20)8-13-17(12)22(10)9-14(18(13)25)19(26)27/h7-11,21,24H,2-6H2,1H3,(H,26,27). The van der Waals surface area contributed by atoms with E-state index in [1.165, 1.54) is 6.20 Å². The number of aliphatic hydroxyl groups excluding tert-OH is 1. The number of hydrogen-bond donors (Lipinski definition) is 3. The van der Waals surface area contributed by atoms with Gasteiger partial charge in [0.25, 0.3) is 0 Å². The molecule has 3 rings (SSSR count). The Labute approximate surface area is 154 Å². The Hall–Kier alpha value is -2.74. The van der Waals surface area contributed by atoms with Crippen LogP contribution in [-0.2, 0) is 11.2 Å². The van der Waals surface area contributed by atoms with Gasteiger partial charge in [-0.05, 0) is 32.3 Å². The molecule has 0 aliphatic carbocycles. The second-order valence-corrected chi connectivity index (χ2v) is 6.85. The lowest BCUT2D eigenvalue weighted by atomic mass is 9.94. The number of anilines is 1. The highest BCUT2D eigenvalue weighted by molar-refractivity contribution is 5.95. The van der Waals surface area contributed by atoms with Crippen LogP contribution in [0, 0.1) is 5.82 Å². The quantitative estimate of drug-likeness (QED) is 0.639. The summed E-state index contributed by atoms with van der Waals surface area (Å²) in [6.45, 7) is 2.18. The molecule has 0 fully saturated rings. The fourth-order valence-corrected chi connectivity index (χ4v) is 3.59. The molecule has 2 unspecified atom stereocenters. The van der Waals surface area contributed by atoms with Crippen molar-refractivity contribution in [3.05, 3.63) is 39.4 Å². The van der Waals surface area contributed by atoms with Gasteiger partial charge in [0.05, 0.1) is 17.3 Å². The summed E-state index contributed by atoms with van der Waals surface area (Å²) < 4.78 is 16.5. The number of carboxylic acids is 1. The lowest BCUT2D eigenvalue weighted by molar-refractivity contribution is -0.109. The number of aldehydes is 1. The number of aliphatic hydroxyl groups is 1. The van der Waals surface area contributed by atoms with Crippen LogP contribution in [-0.4, -0.2) is 39.7 Å². The van der Waals surface area contributed by atoms with Crippen LogP contribution in [0.3, 0.4) is 0 Å². The summed E-state index contributed by atoms with van der Waals surface area (Å²) in [6, 6.07) is 1.05. The van der Waals surface area contributed by atoms with Gasteiger partial charge in [-0.3, -0.25) is 4.79 Å². The molecular formula is C19H21FN2O5. The molecule has 2 aromatic rings. The second kappa shape index (κ2) is 7.48. The zero-order chi connectivity index (χ0) is 19.7. The SMILES string of the molecule is CC1CCc2c(NCCC(O)CC=O)c(F)cc3c(=O)c(C(=O)O)cn1c23. The number of aryl methyl sites for hydroxylation is 1. The Morgan fingerprint density at radius 3 is 2.93 bits per heavy atom. The molecule has 0 spiro atoms. The summed E-state index contributed by atoms with van der Waals surface area (Å²) in [7, 11) is 0. The van der Waals surface area contributed by atoms with E-state index in [0.29, 0.717) is 30.2 Å². The monoisotopic (exact) mass is 376 g/mol. The zero-order valence-corrected chi connectivity index (χ0v) is 14.9. The van der Waals surface area contributed by atoms with Crippen LogP contribution in [0.25, 0.3) is 10.9 Å². The van der Waals surface area contributed by atoms with Crippen LogP contribution in [0.15, 0.2) is 17.1 Å². The first kappa shape index (κ1) is 19.0. The summed E-state index contributed by atoms with van der Waals surface area (Å²) in [5.74, 6) is -1.97. The number of carboxylic acid groups (broad SMARTS) is 1. The lowest BCUT2D eigenvalue weighted by Crippen LogP contribution is -2.25. The number of benzene rings is 1. The molecule has 8 heteroatoms. The zero-order valence-electron chi connectivity index (χ0n) is 14.9. The Balaban J connectivity index is 2.09. The smallest absolute Gasteiger partial charge is 0.341 e. The maximum Gasteiger partial charge on any atom is 0.341 e. The molecule has 1 aliphatic rings. The van der Waals surface area contributed by atoms with Gasteiger partial charge < -0.3 is 24.9 Å². The van der Waals surface area contributed by atoms with Crippen molar-refractivity contribution in [1.29, 1.82) is 0 Å². The third-order valence-corrected chi connectivity index (χ3v) is 5.03. The molecule has 0 radical (unpaired) electrons. The van der Waals surface area contributed by atoms with Crippen LogP contribution in [0.5, 0.6) is 0 Å². The van der Waals surface area contributed by atoms with E-state index in [-0.39, 0.29) is 42.1 Å². The van der Waals surface area contributed by atoms with Gasteiger partial charge in [-0.1, -0.05) is 0 Å². The first-order valence-electron chi connectivity index (χ1n) is 8.84. The third kappa shape index (κ3) is 3.44. The van der Waals surface area contributed by atoms with Gasteiger partial charge in [0, 0.05) is 36.2 Å². The summed E-state index contributed by atoms with van der Waals surface area (Å²) in [6.07, 6.45) is 2.67. The fraction of sp³-hybridized carbons (Fsp3) is 0.421. The van der Waals surface area contributed by atoms with Crippen molar-refractivity contribution in [2.75, 3.05) is 11.9 Å². The molecule has 0 saturated carbocycles. The van der Waals surface area contributed by atoms with E-state index in [1.807, 2.05) is 6.92 Å². The summed E-state index contributed by atoms with van der Waals surface area (Å²) in [5, 5.41) is 21.9. The fourth-order valence-electron chi connectivity index (χ4n) is 3.59. The predicted molar refractivity (Wildman–Crippen MR) is 98.0 cm³/mol. The van der Waals surface area contributed by atoms with Crippen LogP contribution in [0.2, 0.25) is 0 Å². The minimum absolute atomic E-state index is 0.0176. The van der Waals surface area contributed by atoms with Crippen molar-refractivity contribution in [3.8, 4) is 0 Å². The van der Waals surface area contributed by atoms with E-state index in [0.717, 1.165) is 6.07 Å². The highest BCUT2D eigenvalue weighted by Gasteiger charge is 2.26. The van der Waals surface area contributed by atoms with E-state index >= 15 is 0 Å². The average molecular weight is 376 g/mol. The molecule has 1 aliphatic heterocycles. The molecule has 3 N–H and O–H groups in total. The topological polar surface area (TPSA) is 109 Å². The Morgan fingerprint density at radius 2 is 2.26 bits per heavy atom. The summed E-state index contributed by atoms with van der Waals surface area (Å²) in [4.78, 5) is 34.3. The minimum Gasteiger partial charge on any atom is -0.477 e. The van der Waals surface area contributed by atoms with E-state index in [2.05, 4.69) is 5.32 Å². The minimum atomic E-state index is -1.34. The normalized spacial score (nSPS) is 16.9. The third-order valence-electron chi connectivity index (χ3n) is 5.03. The van der Waals surface area contributed by atoms with Gasteiger partial charge in [-0.25, -0.2) is 9.18 Å². The largest absolute Gasteiger partial charge is 0.477 e. The Kier molecular flexibility index (Phi) is 5.27. The van der Waals surface area contributed by atoms with Gasteiger partial charge >= 0.3 is 5.97 Å². The maximum atomic E-state index is 14.7. The van der Waals surface area contributed by atoms with E-state index in [1.54, 1.807) is 4.57 Å². The number of hydrogen-bond acceptors (Lipinski definition) is 5.